The zero-order valence-corrected chi connectivity index (χ0v) is 17.6. The minimum atomic E-state index is -4.59. The van der Waals surface area contributed by atoms with E-state index in [-0.39, 0.29) is 36.0 Å². The quantitative estimate of drug-likeness (QED) is 0.308. The second-order valence-electron chi connectivity index (χ2n) is 7.85. The predicted molar refractivity (Wildman–Crippen MR) is 112 cm³/mol. The van der Waals surface area contributed by atoms with E-state index in [2.05, 4.69) is 20.4 Å². The van der Waals surface area contributed by atoms with Crippen molar-refractivity contribution >= 4 is 11.9 Å². The zero-order chi connectivity index (χ0) is 24.0. The minimum Gasteiger partial charge on any atom is -0.481 e. The van der Waals surface area contributed by atoms with Crippen molar-refractivity contribution in [2.75, 3.05) is 6.54 Å². The molecule has 0 bridgehead atoms. The highest BCUT2D eigenvalue weighted by Gasteiger charge is 2.35. The van der Waals surface area contributed by atoms with E-state index in [1.54, 1.807) is 0 Å². The molecule has 1 amide bonds. The summed E-state index contributed by atoms with van der Waals surface area (Å²) in [5, 5.41) is 19.3. The van der Waals surface area contributed by atoms with Gasteiger partial charge in [-0.3, -0.25) is 14.3 Å². The van der Waals surface area contributed by atoms with Crippen molar-refractivity contribution in [1.29, 1.82) is 0 Å². The van der Waals surface area contributed by atoms with E-state index in [1.807, 2.05) is 0 Å². The van der Waals surface area contributed by atoms with Crippen LogP contribution in [0.5, 0.6) is 0 Å². The van der Waals surface area contributed by atoms with E-state index >= 15 is 0 Å². The summed E-state index contributed by atoms with van der Waals surface area (Å²) in [6, 6.07) is 5.47. The summed E-state index contributed by atoms with van der Waals surface area (Å²) in [6.07, 6.45) is -1.61. The molecule has 1 atom stereocenters. The Labute approximate surface area is 187 Å². The molecule has 176 valence electrons. The Kier molecular flexibility index (Phi) is 7.59. The van der Waals surface area contributed by atoms with Crippen molar-refractivity contribution < 1.29 is 27.9 Å². The molecule has 33 heavy (non-hydrogen) atoms. The number of nitrogens with one attached hydrogen (secondary N) is 1. The molecule has 0 saturated heterocycles. The first kappa shape index (κ1) is 24.1. The largest absolute Gasteiger partial charge is 0.481 e. The molecule has 2 aromatic rings. The Morgan fingerprint density at radius 2 is 2.00 bits per heavy atom. The first-order valence-corrected chi connectivity index (χ1v) is 10.5. The molecule has 3 rings (SSSR count). The average molecular weight is 464 g/mol. The number of nitrogens with zero attached hydrogens (tertiary/aromatic N) is 5. The Morgan fingerprint density at radius 3 is 2.64 bits per heavy atom. The number of carbonyl (C=O) groups is 2. The Balaban J connectivity index is 1.96. The number of aliphatic carboxylic acids is 1. The zero-order valence-electron chi connectivity index (χ0n) is 17.6. The molecular formula is C21H23F3N6O3. The van der Waals surface area contributed by atoms with Crippen molar-refractivity contribution in [1.82, 2.24) is 15.1 Å². The predicted octanol–water partition coefficient (Wildman–Crippen LogP) is 4.96. The Bertz CT molecular complexity index is 1060. The first-order chi connectivity index (χ1) is 15.7. The number of azide groups is 1. The molecule has 0 spiro atoms. The van der Waals surface area contributed by atoms with Crippen LogP contribution in [-0.4, -0.2) is 39.4 Å². The lowest BCUT2D eigenvalue weighted by atomic mass is 10.0. The van der Waals surface area contributed by atoms with Gasteiger partial charge in [0, 0.05) is 23.1 Å². The van der Waals surface area contributed by atoms with E-state index < -0.39 is 36.1 Å². The third kappa shape index (κ3) is 6.04. The highest BCUT2D eigenvalue weighted by atomic mass is 19.4. The van der Waals surface area contributed by atoms with Crippen molar-refractivity contribution in [2.45, 2.75) is 56.8 Å². The van der Waals surface area contributed by atoms with Crippen molar-refractivity contribution in [3.63, 3.8) is 0 Å². The van der Waals surface area contributed by atoms with Crippen LogP contribution in [0.15, 0.2) is 35.4 Å². The summed E-state index contributed by atoms with van der Waals surface area (Å²) >= 11 is 0. The third-order valence-electron chi connectivity index (χ3n) is 5.54. The molecule has 1 fully saturated rings. The maximum Gasteiger partial charge on any atom is 0.417 e. The average Bonchev–Trinajstić information content (AvgIpc) is 3.42. The van der Waals surface area contributed by atoms with Gasteiger partial charge in [0.05, 0.1) is 23.7 Å². The number of amides is 1. The minimum absolute atomic E-state index is 0.0184. The molecule has 2 N–H and O–H groups in total. The fraction of sp³-hybridized carbons (Fsp3) is 0.476. The summed E-state index contributed by atoms with van der Waals surface area (Å²) in [6.45, 7) is -0.0184. The highest BCUT2D eigenvalue weighted by molar-refractivity contribution is 5.94. The van der Waals surface area contributed by atoms with Crippen molar-refractivity contribution in [2.24, 2.45) is 5.11 Å². The molecule has 1 saturated carbocycles. The summed E-state index contributed by atoms with van der Waals surface area (Å²) in [5.74, 6) is -1.86. The van der Waals surface area contributed by atoms with Crippen LogP contribution in [-0.2, 0) is 11.0 Å². The maximum atomic E-state index is 13.7. The van der Waals surface area contributed by atoms with Crippen LogP contribution in [0.4, 0.5) is 13.2 Å². The van der Waals surface area contributed by atoms with Gasteiger partial charge in [-0.25, -0.2) is 0 Å². The number of benzene rings is 1. The number of carboxylic acid groups (broad SMARTS) is 1. The van der Waals surface area contributed by atoms with Gasteiger partial charge in [-0.2, -0.15) is 18.3 Å². The van der Waals surface area contributed by atoms with Gasteiger partial charge in [0.25, 0.3) is 5.91 Å². The standard InChI is InChI=1S/C21H23F3N6O3/c22-21(23,24)16-8-4-3-7-15(16)18-12-17(28-30(18)14-5-1-2-6-14)20(33)27-13(11-19(31)32)9-10-26-29-25/h3-4,7-8,12-14H,1-2,5-6,9-11H2,(H,27,33)(H,31,32). The normalized spacial score (nSPS) is 15.1. The molecule has 0 aliphatic heterocycles. The number of rotatable bonds is 9. The fourth-order valence-corrected chi connectivity index (χ4v) is 4.04. The molecule has 1 aliphatic carbocycles. The van der Waals surface area contributed by atoms with Gasteiger partial charge in [-0.15, -0.1) is 0 Å². The van der Waals surface area contributed by atoms with Crippen LogP contribution < -0.4 is 5.32 Å². The topological polar surface area (TPSA) is 133 Å². The lowest BCUT2D eigenvalue weighted by Gasteiger charge is -2.17. The Hall–Kier alpha value is -3.53. The summed E-state index contributed by atoms with van der Waals surface area (Å²) in [4.78, 5) is 26.6. The highest BCUT2D eigenvalue weighted by Crippen LogP contribution is 2.40. The van der Waals surface area contributed by atoms with Crippen molar-refractivity contribution in [3.05, 3.63) is 52.0 Å². The number of carbonyl (C=O) groups excluding carboxylic acids is 1. The number of halogens is 3. The number of hydrogen-bond donors (Lipinski definition) is 2. The van der Waals surface area contributed by atoms with Gasteiger partial charge in [0.2, 0.25) is 0 Å². The SMILES string of the molecule is [N-]=[N+]=NCCC(CC(=O)O)NC(=O)c1cc(-c2ccccc2C(F)(F)F)n(C2CCCC2)n1. The van der Waals surface area contributed by atoms with Crippen LogP contribution >= 0.6 is 0 Å². The number of carboxylic acids is 1. The number of alkyl halides is 3. The smallest absolute Gasteiger partial charge is 0.417 e. The van der Waals surface area contributed by atoms with Crippen LogP contribution in [0.1, 0.15) is 60.6 Å². The lowest BCUT2D eigenvalue weighted by molar-refractivity contribution is -0.138. The van der Waals surface area contributed by atoms with Crippen LogP contribution in [0.25, 0.3) is 21.7 Å². The van der Waals surface area contributed by atoms with Crippen LogP contribution in [0.3, 0.4) is 0 Å². The molecule has 0 radical (unpaired) electrons. The van der Waals surface area contributed by atoms with Gasteiger partial charge in [0.15, 0.2) is 5.69 Å². The maximum absolute atomic E-state index is 13.7. The molecule has 1 aromatic heterocycles. The van der Waals surface area contributed by atoms with E-state index in [0.29, 0.717) is 0 Å². The second kappa shape index (κ2) is 10.4. The number of hydrogen-bond acceptors (Lipinski definition) is 4. The fourth-order valence-electron chi connectivity index (χ4n) is 4.04. The Morgan fingerprint density at radius 1 is 1.30 bits per heavy atom. The van der Waals surface area contributed by atoms with E-state index in [0.717, 1.165) is 31.7 Å². The van der Waals surface area contributed by atoms with E-state index in [1.165, 1.54) is 28.9 Å². The van der Waals surface area contributed by atoms with Gasteiger partial charge >= 0.3 is 12.1 Å². The molecule has 9 nitrogen and oxygen atoms in total. The molecule has 1 aliphatic rings. The molecule has 1 unspecified atom stereocenters. The van der Waals surface area contributed by atoms with Crippen molar-refractivity contribution in [3.8, 4) is 11.3 Å². The van der Waals surface area contributed by atoms with Gasteiger partial charge in [0.1, 0.15) is 0 Å². The van der Waals surface area contributed by atoms with E-state index in [4.69, 9.17) is 10.6 Å². The second-order valence-corrected chi connectivity index (χ2v) is 7.85. The van der Waals surface area contributed by atoms with Crippen LogP contribution in [0.2, 0.25) is 0 Å². The van der Waals surface area contributed by atoms with E-state index in [9.17, 15) is 22.8 Å². The number of aromatic nitrogens is 2. The van der Waals surface area contributed by atoms with Gasteiger partial charge in [-0.05, 0) is 36.9 Å². The first-order valence-electron chi connectivity index (χ1n) is 10.5. The molecule has 1 aromatic carbocycles. The summed E-state index contributed by atoms with van der Waals surface area (Å²) in [7, 11) is 0. The van der Waals surface area contributed by atoms with Gasteiger partial charge < -0.3 is 10.4 Å². The van der Waals surface area contributed by atoms with Crippen LogP contribution in [0, 0.1) is 0 Å². The molecular weight excluding hydrogens is 441 g/mol. The molecule has 12 heteroatoms. The lowest BCUT2D eigenvalue weighted by Crippen LogP contribution is -2.37. The summed E-state index contributed by atoms with van der Waals surface area (Å²) in [5.41, 5.74) is 7.59. The molecule has 1 heterocycles. The summed E-state index contributed by atoms with van der Waals surface area (Å²) < 4.78 is 42.4. The third-order valence-corrected chi connectivity index (χ3v) is 5.54. The van der Waals surface area contributed by atoms with Gasteiger partial charge in [-0.1, -0.05) is 36.2 Å². The monoisotopic (exact) mass is 464 g/mol.